The first-order chi connectivity index (χ1) is 9.72. The summed E-state index contributed by atoms with van der Waals surface area (Å²) in [5.41, 5.74) is 0.505. The van der Waals surface area contributed by atoms with E-state index in [9.17, 15) is 18.0 Å². The highest BCUT2D eigenvalue weighted by atomic mass is 35.5. The van der Waals surface area contributed by atoms with Crippen molar-refractivity contribution in [2.45, 2.75) is 11.7 Å². The number of sulfonamides is 1. The van der Waals surface area contributed by atoms with Gasteiger partial charge in [-0.1, -0.05) is 11.6 Å². The van der Waals surface area contributed by atoms with Crippen LogP contribution in [0.15, 0.2) is 18.2 Å². The fourth-order valence-corrected chi connectivity index (χ4v) is 3.07. The fourth-order valence-electron chi connectivity index (χ4n) is 2.11. The van der Waals surface area contributed by atoms with E-state index in [1.165, 1.54) is 30.2 Å². The second-order valence-corrected chi connectivity index (χ2v) is 6.89. The van der Waals surface area contributed by atoms with Crippen LogP contribution in [0.25, 0.3) is 0 Å². The zero-order valence-corrected chi connectivity index (χ0v) is 12.6. The van der Waals surface area contributed by atoms with Gasteiger partial charge in [-0.05, 0) is 18.2 Å². The summed E-state index contributed by atoms with van der Waals surface area (Å²) in [5.74, 6) is -1.000. The molecule has 1 aromatic carbocycles. The molecule has 114 valence electrons. The molecular weight excluding hydrogens is 320 g/mol. The van der Waals surface area contributed by atoms with Crippen LogP contribution in [0.3, 0.4) is 0 Å². The van der Waals surface area contributed by atoms with Crippen molar-refractivity contribution in [1.29, 1.82) is 0 Å². The number of hydrogen-bond acceptors (Lipinski definition) is 5. The first kappa shape index (κ1) is 15.7. The minimum Gasteiger partial charge on any atom is -0.465 e. The summed E-state index contributed by atoms with van der Waals surface area (Å²) >= 11 is 5.91. The molecule has 1 atom stereocenters. The van der Waals surface area contributed by atoms with Crippen LogP contribution in [-0.2, 0) is 19.6 Å². The highest BCUT2D eigenvalue weighted by Crippen LogP contribution is 2.28. The molecule has 2 N–H and O–H groups in total. The highest BCUT2D eigenvalue weighted by Gasteiger charge is 2.37. The first-order valence-electron chi connectivity index (χ1n) is 5.93. The van der Waals surface area contributed by atoms with Gasteiger partial charge in [-0.2, -0.15) is 0 Å². The maximum Gasteiger partial charge on any atom is 0.337 e. The predicted molar refractivity (Wildman–Crippen MR) is 76.7 cm³/mol. The normalized spacial score (nSPS) is 18.9. The van der Waals surface area contributed by atoms with Crippen LogP contribution in [0.1, 0.15) is 16.8 Å². The minimum absolute atomic E-state index is 0.0708. The van der Waals surface area contributed by atoms with Crippen LogP contribution in [0.2, 0.25) is 5.02 Å². The Labute approximate surface area is 126 Å². The van der Waals surface area contributed by atoms with E-state index >= 15 is 0 Å². The Bertz CT molecular complexity index is 704. The third-order valence-corrected chi connectivity index (χ3v) is 4.63. The number of anilines is 1. The van der Waals surface area contributed by atoms with Crippen LogP contribution < -0.4 is 10.0 Å². The van der Waals surface area contributed by atoms with E-state index in [1.807, 2.05) is 0 Å². The standard InChI is InChI=1S/C12H13ClN2O5S/c1-20-12(17)7-2-8(13)4-9(3-7)15-6-10(5-11(15)16)21(14,18)19/h2-4,10H,5-6H2,1H3,(H2,14,18,19). The largest absolute Gasteiger partial charge is 0.465 e. The molecule has 1 aliphatic rings. The van der Waals surface area contributed by atoms with Crippen LogP contribution in [0.4, 0.5) is 5.69 Å². The van der Waals surface area contributed by atoms with Crippen LogP contribution in [0.5, 0.6) is 0 Å². The van der Waals surface area contributed by atoms with Crippen molar-refractivity contribution in [2.24, 2.45) is 5.14 Å². The van der Waals surface area contributed by atoms with Gasteiger partial charge in [0.05, 0.1) is 12.7 Å². The quantitative estimate of drug-likeness (QED) is 0.812. The number of benzene rings is 1. The summed E-state index contributed by atoms with van der Waals surface area (Å²) in [5, 5.41) is 4.33. The van der Waals surface area contributed by atoms with Crippen molar-refractivity contribution in [3.05, 3.63) is 28.8 Å². The Balaban J connectivity index is 2.37. The number of carbonyl (C=O) groups excluding carboxylic acids is 2. The Morgan fingerprint density at radius 3 is 2.62 bits per heavy atom. The molecule has 1 unspecified atom stereocenters. The van der Waals surface area contributed by atoms with Crippen molar-refractivity contribution in [3.63, 3.8) is 0 Å². The van der Waals surface area contributed by atoms with Gasteiger partial charge in [0.15, 0.2) is 0 Å². The number of rotatable bonds is 3. The topological polar surface area (TPSA) is 107 Å². The Morgan fingerprint density at radius 1 is 1.43 bits per heavy atom. The van der Waals surface area contributed by atoms with Gasteiger partial charge >= 0.3 is 5.97 Å². The summed E-state index contributed by atoms with van der Waals surface area (Å²) in [6.45, 7) is -0.0708. The van der Waals surface area contributed by atoms with E-state index in [-0.39, 0.29) is 23.6 Å². The molecule has 0 spiro atoms. The molecule has 1 heterocycles. The summed E-state index contributed by atoms with van der Waals surface area (Å²) < 4.78 is 27.3. The lowest BCUT2D eigenvalue weighted by Crippen LogP contribution is -2.32. The Morgan fingerprint density at radius 2 is 2.10 bits per heavy atom. The van der Waals surface area contributed by atoms with Gasteiger partial charge in [-0.15, -0.1) is 0 Å². The second kappa shape index (κ2) is 5.63. The highest BCUT2D eigenvalue weighted by molar-refractivity contribution is 7.89. The minimum atomic E-state index is -3.80. The second-order valence-electron chi connectivity index (χ2n) is 4.61. The number of methoxy groups -OCH3 is 1. The third-order valence-electron chi connectivity index (χ3n) is 3.17. The molecule has 1 saturated heterocycles. The molecule has 1 fully saturated rings. The van der Waals surface area contributed by atoms with Gasteiger partial charge in [0.2, 0.25) is 15.9 Å². The van der Waals surface area contributed by atoms with Gasteiger partial charge < -0.3 is 9.64 Å². The van der Waals surface area contributed by atoms with Gasteiger partial charge in [-0.3, -0.25) is 4.79 Å². The third kappa shape index (κ3) is 3.34. The van der Waals surface area contributed by atoms with Crippen molar-refractivity contribution < 1.29 is 22.7 Å². The zero-order chi connectivity index (χ0) is 15.8. The van der Waals surface area contributed by atoms with E-state index in [2.05, 4.69) is 4.74 Å². The number of nitrogens with two attached hydrogens (primary N) is 1. The van der Waals surface area contributed by atoms with Gasteiger partial charge in [0, 0.05) is 23.7 Å². The molecule has 21 heavy (non-hydrogen) atoms. The first-order valence-corrected chi connectivity index (χ1v) is 7.92. The smallest absolute Gasteiger partial charge is 0.337 e. The monoisotopic (exact) mass is 332 g/mol. The molecule has 0 saturated carbocycles. The molecule has 0 aliphatic carbocycles. The van der Waals surface area contributed by atoms with E-state index in [1.54, 1.807) is 0 Å². The number of nitrogens with zero attached hydrogens (tertiary/aromatic N) is 1. The molecule has 1 aromatic rings. The lowest BCUT2D eigenvalue weighted by atomic mass is 10.2. The van der Waals surface area contributed by atoms with E-state index < -0.39 is 27.1 Å². The number of ether oxygens (including phenoxy) is 1. The van der Waals surface area contributed by atoms with Crippen molar-refractivity contribution in [3.8, 4) is 0 Å². The van der Waals surface area contributed by atoms with Crippen molar-refractivity contribution >= 4 is 39.2 Å². The summed E-state index contributed by atoms with van der Waals surface area (Å²) in [6, 6.07) is 4.28. The molecule has 0 bridgehead atoms. The average molecular weight is 333 g/mol. The molecule has 2 rings (SSSR count). The summed E-state index contributed by atoms with van der Waals surface area (Å²) in [6.07, 6.45) is -0.196. The maximum atomic E-state index is 11.9. The van der Waals surface area contributed by atoms with Crippen molar-refractivity contribution in [2.75, 3.05) is 18.6 Å². The summed E-state index contributed by atoms with van der Waals surface area (Å²) in [7, 11) is -2.58. The number of amides is 1. The number of primary sulfonamides is 1. The molecule has 1 aliphatic heterocycles. The SMILES string of the molecule is COC(=O)c1cc(Cl)cc(N2CC(S(N)(=O)=O)CC2=O)c1. The van der Waals surface area contributed by atoms with E-state index in [4.69, 9.17) is 16.7 Å². The van der Waals surface area contributed by atoms with Crippen LogP contribution in [-0.4, -0.2) is 39.2 Å². The van der Waals surface area contributed by atoms with E-state index in [0.717, 1.165) is 0 Å². The average Bonchev–Trinajstić information content (AvgIpc) is 2.79. The molecule has 0 aromatic heterocycles. The Hall–Kier alpha value is -1.64. The fraction of sp³-hybridized carbons (Fsp3) is 0.333. The molecule has 0 radical (unpaired) electrons. The zero-order valence-electron chi connectivity index (χ0n) is 11.1. The van der Waals surface area contributed by atoms with Gasteiger partial charge in [-0.25, -0.2) is 18.4 Å². The molecule has 9 heteroatoms. The Kier molecular flexibility index (Phi) is 4.22. The van der Waals surface area contributed by atoms with Crippen molar-refractivity contribution in [1.82, 2.24) is 0 Å². The number of carbonyl (C=O) groups is 2. The number of halogens is 1. The number of hydrogen-bond donors (Lipinski definition) is 1. The van der Waals surface area contributed by atoms with Gasteiger partial charge in [0.1, 0.15) is 5.25 Å². The maximum absolute atomic E-state index is 11.9. The molecule has 7 nitrogen and oxygen atoms in total. The van der Waals surface area contributed by atoms with Gasteiger partial charge in [0.25, 0.3) is 0 Å². The summed E-state index contributed by atoms with van der Waals surface area (Å²) in [4.78, 5) is 24.7. The lowest BCUT2D eigenvalue weighted by molar-refractivity contribution is -0.117. The lowest BCUT2D eigenvalue weighted by Gasteiger charge is -2.17. The molecular formula is C12H13ClN2O5S. The molecule has 1 amide bonds. The van der Waals surface area contributed by atoms with Crippen LogP contribution >= 0.6 is 11.6 Å². The van der Waals surface area contributed by atoms with E-state index in [0.29, 0.717) is 5.69 Å². The predicted octanol–water partition coefficient (Wildman–Crippen LogP) is 0.520. The number of esters is 1. The van der Waals surface area contributed by atoms with Crippen LogP contribution in [0, 0.1) is 0 Å².